The van der Waals surface area contributed by atoms with Crippen LogP contribution in [0.3, 0.4) is 0 Å². The van der Waals surface area contributed by atoms with Crippen LogP contribution in [-0.4, -0.2) is 66.8 Å². The zero-order chi connectivity index (χ0) is 19.1. The van der Waals surface area contributed by atoms with Crippen LogP contribution in [0, 0.1) is 5.82 Å². The molecule has 0 radical (unpaired) electrons. The molecule has 1 aromatic heterocycles. The van der Waals surface area contributed by atoms with Gasteiger partial charge in [0.2, 0.25) is 5.88 Å². The minimum Gasteiger partial charge on any atom is -0.477 e. The van der Waals surface area contributed by atoms with Crippen molar-refractivity contribution in [3.8, 4) is 17.1 Å². The molecule has 1 fully saturated rings. The molecular formula is C19H23FN4O3. The summed E-state index contributed by atoms with van der Waals surface area (Å²) in [5, 5.41) is 2.76. The van der Waals surface area contributed by atoms with E-state index in [1.807, 2.05) is 6.92 Å². The van der Waals surface area contributed by atoms with Gasteiger partial charge in [-0.2, -0.15) is 0 Å². The van der Waals surface area contributed by atoms with Crippen molar-refractivity contribution in [3.63, 3.8) is 0 Å². The summed E-state index contributed by atoms with van der Waals surface area (Å²) in [6, 6.07) is 4.40. The number of morpholine rings is 1. The molecule has 8 heteroatoms. The number of halogens is 1. The maximum absolute atomic E-state index is 14.4. The lowest BCUT2D eigenvalue weighted by atomic mass is 10.1. The third-order valence-electron chi connectivity index (χ3n) is 4.23. The molecule has 27 heavy (non-hydrogen) atoms. The number of nitrogens with one attached hydrogen (secondary N) is 1. The smallest absolute Gasteiger partial charge is 0.254 e. The molecule has 1 aromatic carbocycles. The minimum absolute atomic E-state index is 0.00893. The Morgan fingerprint density at radius 2 is 2.15 bits per heavy atom. The van der Waals surface area contributed by atoms with E-state index in [1.165, 1.54) is 24.5 Å². The number of amides is 1. The lowest BCUT2D eigenvalue weighted by molar-refractivity contribution is 0.0383. The van der Waals surface area contributed by atoms with Crippen molar-refractivity contribution in [1.82, 2.24) is 20.2 Å². The molecule has 0 atom stereocenters. The molecule has 0 unspecified atom stereocenters. The highest BCUT2D eigenvalue weighted by atomic mass is 19.1. The van der Waals surface area contributed by atoms with Crippen LogP contribution in [0.25, 0.3) is 11.3 Å². The van der Waals surface area contributed by atoms with Gasteiger partial charge in [-0.25, -0.2) is 9.37 Å². The summed E-state index contributed by atoms with van der Waals surface area (Å²) >= 11 is 0. The van der Waals surface area contributed by atoms with E-state index in [-0.39, 0.29) is 5.56 Å². The molecule has 1 saturated heterocycles. The largest absolute Gasteiger partial charge is 0.477 e. The standard InChI is InChI=1S/C19H23FN4O3/c1-2-27-18-13-21-12-17(23-18)14-3-4-15(16(20)11-14)19(25)22-5-6-24-7-9-26-10-8-24/h3-4,11-13H,2,5-10H2,1H3,(H,22,25). The second-order valence-corrected chi connectivity index (χ2v) is 6.08. The summed E-state index contributed by atoms with van der Waals surface area (Å²) in [4.78, 5) is 22.8. The maximum atomic E-state index is 14.4. The summed E-state index contributed by atoms with van der Waals surface area (Å²) in [5.41, 5.74) is 1.03. The molecule has 0 bridgehead atoms. The molecule has 2 aromatic rings. The van der Waals surface area contributed by atoms with Gasteiger partial charge in [-0.05, 0) is 19.1 Å². The van der Waals surface area contributed by atoms with Crippen LogP contribution in [-0.2, 0) is 4.74 Å². The highest BCUT2D eigenvalue weighted by Crippen LogP contribution is 2.21. The Hall–Kier alpha value is -2.58. The monoisotopic (exact) mass is 374 g/mol. The van der Waals surface area contributed by atoms with Crippen LogP contribution in [0.4, 0.5) is 4.39 Å². The average Bonchev–Trinajstić information content (AvgIpc) is 2.69. The summed E-state index contributed by atoms with van der Waals surface area (Å²) in [6.07, 6.45) is 3.03. The van der Waals surface area contributed by atoms with Crippen LogP contribution in [0.2, 0.25) is 0 Å². The third-order valence-corrected chi connectivity index (χ3v) is 4.23. The Morgan fingerprint density at radius 1 is 1.33 bits per heavy atom. The van der Waals surface area contributed by atoms with E-state index in [0.717, 1.165) is 13.1 Å². The Bertz CT molecular complexity index is 781. The molecule has 1 aliphatic rings. The van der Waals surface area contributed by atoms with E-state index in [0.29, 0.717) is 50.0 Å². The van der Waals surface area contributed by atoms with Crippen molar-refractivity contribution in [3.05, 3.63) is 42.0 Å². The fraction of sp³-hybridized carbons (Fsp3) is 0.421. The van der Waals surface area contributed by atoms with Crippen molar-refractivity contribution < 1.29 is 18.7 Å². The van der Waals surface area contributed by atoms with Gasteiger partial charge in [-0.1, -0.05) is 6.07 Å². The zero-order valence-electron chi connectivity index (χ0n) is 15.3. The molecular weight excluding hydrogens is 351 g/mol. The van der Waals surface area contributed by atoms with Gasteiger partial charge >= 0.3 is 0 Å². The normalized spacial score (nSPS) is 14.7. The molecule has 0 saturated carbocycles. The van der Waals surface area contributed by atoms with Gasteiger partial charge in [-0.15, -0.1) is 0 Å². The number of hydrogen-bond donors (Lipinski definition) is 1. The Kier molecular flexibility index (Phi) is 6.67. The van der Waals surface area contributed by atoms with Crippen LogP contribution in [0.15, 0.2) is 30.6 Å². The highest BCUT2D eigenvalue weighted by Gasteiger charge is 2.15. The Balaban J connectivity index is 1.61. The number of rotatable bonds is 7. The van der Waals surface area contributed by atoms with Crippen molar-refractivity contribution in [2.75, 3.05) is 46.0 Å². The van der Waals surface area contributed by atoms with E-state index in [9.17, 15) is 9.18 Å². The lowest BCUT2D eigenvalue weighted by Gasteiger charge is -2.26. The Morgan fingerprint density at radius 3 is 2.89 bits per heavy atom. The minimum atomic E-state index is -0.597. The fourth-order valence-electron chi connectivity index (χ4n) is 2.81. The van der Waals surface area contributed by atoms with Gasteiger partial charge < -0.3 is 14.8 Å². The number of carbonyl (C=O) groups is 1. The molecule has 1 aliphatic heterocycles. The van der Waals surface area contributed by atoms with Crippen molar-refractivity contribution in [2.45, 2.75) is 6.92 Å². The van der Waals surface area contributed by atoms with E-state index >= 15 is 0 Å². The fourth-order valence-corrected chi connectivity index (χ4v) is 2.81. The van der Waals surface area contributed by atoms with Gasteiger partial charge in [0.1, 0.15) is 5.82 Å². The highest BCUT2D eigenvalue weighted by molar-refractivity contribution is 5.94. The number of nitrogens with zero attached hydrogens (tertiary/aromatic N) is 3. The van der Waals surface area contributed by atoms with E-state index in [1.54, 1.807) is 6.07 Å². The van der Waals surface area contributed by atoms with Crippen molar-refractivity contribution in [1.29, 1.82) is 0 Å². The average molecular weight is 374 g/mol. The molecule has 3 rings (SSSR count). The van der Waals surface area contributed by atoms with Gasteiger partial charge in [0.15, 0.2) is 0 Å². The van der Waals surface area contributed by atoms with E-state index in [4.69, 9.17) is 9.47 Å². The Labute approximate surface area is 157 Å². The molecule has 0 aliphatic carbocycles. The predicted molar refractivity (Wildman–Crippen MR) is 98.2 cm³/mol. The molecule has 144 valence electrons. The molecule has 1 N–H and O–H groups in total. The van der Waals surface area contributed by atoms with Crippen molar-refractivity contribution >= 4 is 5.91 Å². The van der Waals surface area contributed by atoms with Gasteiger partial charge in [0.05, 0.1) is 43.5 Å². The second kappa shape index (κ2) is 9.38. The molecule has 2 heterocycles. The first-order valence-corrected chi connectivity index (χ1v) is 9.00. The summed E-state index contributed by atoms with van der Waals surface area (Å²) < 4.78 is 25.0. The molecule has 0 spiro atoms. The number of ether oxygens (including phenoxy) is 2. The first-order valence-electron chi connectivity index (χ1n) is 9.00. The van der Waals surface area contributed by atoms with Gasteiger partial charge in [0.25, 0.3) is 5.91 Å². The number of hydrogen-bond acceptors (Lipinski definition) is 6. The lowest BCUT2D eigenvalue weighted by Crippen LogP contribution is -2.41. The quantitative estimate of drug-likeness (QED) is 0.796. The van der Waals surface area contributed by atoms with E-state index in [2.05, 4.69) is 20.2 Å². The maximum Gasteiger partial charge on any atom is 0.254 e. The topological polar surface area (TPSA) is 76.6 Å². The van der Waals surface area contributed by atoms with Crippen LogP contribution in [0.5, 0.6) is 5.88 Å². The van der Waals surface area contributed by atoms with Crippen molar-refractivity contribution in [2.24, 2.45) is 0 Å². The van der Waals surface area contributed by atoms with Gasteiger partial charge in [-0.3, -0.25) is 14.7 Å². The molecule has 1 amide bonds. The van der Waals surface area contributed by atoms with Crippen LogP contribution >= 0.6 is 0 Å². The first-order chi connectivity index (χ1) is 13.2. The second-order valence-electron chi connectivity index (χ2n) is 6.08. The van der Waals surface area contributed by atoms with Gasteiger partial charge in [0, 0.05) is 31.7 Å². The van der Waals surface area contributed by atoms with Crippen LogP contribution in [0.1, 0.15) is 17.3 Å². The number of benzene rings is 1. The zero-order valence-corrected chi connectivity index (χ0v) is 15.3. The predicted octanol–water partition coefficient (Wildman–Crippen LogP) is 1.74. The van der Waals surface area contributed by atoms with Crippen LogP contribution < -0.4 is 10.1 Å². The van der Waals surface area contributed by atoms with E-state index < -0.39 is 11.7 Å². The summed E-state index contributed by atoms with van der Waals surface area (Å²) in [5.74, 6) is -0.651. The molecule has 7 nitrogen and oxygen atoms in total. The third kappa shape index (κ3) is 5.21. The summed E-state index contributed by atoms with van der Waals surface area (Å²) in [7, 11) is 0. The first kappa shape index (κ1) is 19.2. The summed E-state index contributed by atoms with van der Waals surface area (Å²) in [6.45, 7) is 6.60. The SMILES string of the molecule is CCOc1cncc(-c2ccc(C(=O)NCCN3CCOCC3)c(F)c2)n1. The number of aromatic nitrogens is 2. The number of carbonyl (C=O) groups excluding carboxylic acids is 1.